The number of rotatable bonds is 5. The van der Waals surface area contributed by atoms with Crippen LogP contribution in [0, 0.1) is 6.92 Å². The summed E-state index contributed by atoms with van der Waals surface area (Å²) in [4.78, 5) is 21.9. The van der Waals surface area contributed by atoms with Gasteiger partial charge < -0.3 is 10.0 Å². The predicted octanol–water partition coefficient (Wildman–Crippen LogP) is 0.773. The maximum atomic E-state index is 12.3. The van der Waals surface area contributed by atoms with E-state index < -0.39 is 0 Å². The van der Waals surface area contributed by atoms with E-state index in [1.807, 2.05) is 18.0 Å². The van der Waals surface area contributed by atoms with E-state index in [0.717, 1.165) is 48.9 Å². The number of amides is 1. The van der Waals surface area contributed by atoms with Crippen molar-refractivity contribution in [1.82, 2.24) is 19.2 Å². The molecule has 0 spiro atoms. The highest BCUT2D eigenvalue weighted by molar-refractivity contribution is 7.15. The van der Waals surface area contributed by atoms with Crippen molar-refractivity contribution in [3.63, 3.8) is 0 Å². The molecule has 0 aromatic carbocycles. The van der Waals surface area contributed by atoms with E-state index in [2.05, 4.69) is 19.7 Å². The highest BCUT2D eigenvalue weighted by Crippen LogP contribution is 2.18. The number of fused-ring (bicyclic) bond motifs is 1. The molecule has 0 aliphatic carbocycles. The minimum Gasteiger partial charge on any atom is -0.395 e. The van der Waals surface area contributed by atoms with Gasteiger partial charge in [-0.1, -0.05) is 0 Å². The molecule has 1 amide bonds. The third-order valence-electron chi connectivity index (χ3n) is 4.14. The Balaban J connectivity index is 1.52. The molecule has 0 saturated carbocycles. The molecule has 3 heterocycles. The topological polar surface area (TPSA) is 61.1 Å². The number of β-amino-alcohol motifs (C(OH)–C–C–N with tert-alkyl or cyclic N) is 1. The van der Waals surface area contributed by atoms with Gasteiger partial charge in [0.1, 0.15) is 0 Å². The maximum absolute atomic E-state index is 12.3. The second kappa shape index (κ2) is 6.76. The fourth-order valence-electron chi connectivity index (χ4n) is 2.88. The standard InChI is InChI=1S/C15H22N4O2S/c1-12-10-19-13(11-22-15(19)16-12)2-3-14(21)18-6-4-17(5-7-18)8-9-20/h10-11,20H,2-9H2,1H3. The summed E-state index contributed by atoms with van der Waals surface area (Å²) in [6.45, 7) is 6.12. The summed E-state index contributed by atoms with van der Waals surface area (Å²) in [6, 6.07) is 0. The average molecular weight is 322 g/mol. The van der Waals surface area contributed by atoms with Crippen LogP contribution in [0.15, 0.2) is 11.6 Å². The Hall–Kier alpha value is -1.44. The van der Waals surface area contributed by atoms with E-state index in [4.69, 9.17) is 5.11 Å². The monoisotopic (exact) mass is 322 g/mol. The van der Waals surface area contributed by atoms with Crippen LogP contribution in [0.2, 0.25) is 0 Å². The fourth-order valence-corrected chi connectivity index (χ4v) is 3.83. The van der Waals surface area contributed by atoms with Crippen molar-refractivity contribution >= 4 is 22.2 Å². The van der Waals surface area contributed by atoms with Gasteiger partial charge in [-0.25, -0.2) is 4.98 Å². The molecule has 1 aliphatic heterocycles. The van der Waals surface area contributed by atoms with Gasteiger partial charge >= 0.3 is 0 Å². The number of thiazole rings is 1. The van der Waals surface area contributed by atoms with Crippen molar-refractivity contribution in [1.29, 1.82) is 0 Å². The molecular formula is C15H22N4O2S. The Bertz CT molecular complexity index is 643. The molecule has 2 aromatic rings. The van der Waals surface area contributed by atoms with Crippen LogP contribution >= 0.6 is 11.3 Å². The Morgan fingerprint density at radius 2 is 2.14 bits per heavy atom. The number of carbonyl (C=O) groups is 1. The third kappa shape index (κ3) is 3.31. The van der Waals surface area contributed by atoms with Crippen molar-refractivity contribution in [3.8, 4) is 0 Å². The van der Waals surface area contributed by atoms with Crippen molar-refractivity contribution in [2.45, 2.75) is 19.8 Å². The maximum Gasteiger partial charge on any atom is 0.223 e. The molecule has 120 valence electrons. The van der Waals surface area contributed by atoms with Crippen LogP contribution in [0.3, 0.4) is 0 Å². The van der Waals surface area contributed by atoms with E-state index in [-0.39, 0.29) is 12.5 Å². The normalized spacial score (nSPS) is 16.5. The molecule has 1 aliphatic rings. The summed E-state index contributed by atoms with van der Waals surface area (Å²) in [7, 11) is 0. The van der Waals surface area contributed by atoms with Crippen LogP contribution in [0.25, 0.3) is 4.96 Å². The summed E-state index contributed by atoms with van der Waals surface area (Å²) < 4.78 is 2.09. The first-order chi connectivity index (χ1) is 10.7. The highest BCUT2D eigenvalue weighted by atomic mass is 32.1. The molecule has 0 radical (unpaired) electrons. The van der Waals surface area contributed by atoms with Crippen molar-refractivity contribution < 1.29 is 9.90 Å². The summed E-state index contributed by atoms with van der Waals surface area (Å²) in [5.41, 5.74) is 2.17. The van der Waals surface area contributed by atoms with Crippen LogP contribution in [0.1, 0.15) is 17.8 Å². The Labute approximate surface area is 134 Å². The van der Waals surface area contributed by atoms with Crippen LogP contribution in [-0.4, -0.2) is 69.5 Å². The summed E-state index contributed by atoms with van der Waals surface area (Å²) >= 11 is 1.62. The van der Waals surface area contributed by atoms with E-state index in [0.29, 0.717) is 13.0 Å². The molecule has 3 rings (SSSR count). The molecule has 7 heteroatoms. The number of aromatic nitrogens is 2. The first-order valence-electron chi connectivity index (χ1n) is 7.70. The van der Waals surface area contributed by atoms with E-state index in [1.54, 1.807) is 11.3 Å². The zero-order valence-corrected chi connectivity index (χ0v) is 13.7. The lowest BCUT2D eigenvalue weighted by molar-refractivity contribution is -0.132. The van der Waals surface area contributed by atoms with Gasteiger partial charge in [-0.2, -0.15) is 0 Å². The number of aliphatic hydroxyl groups excluding tert-OH is 1. The molecule has 1 N–H and O–H groups in total. The number of imidazole rings is 1. The molecule has 6 nitrogen and oxygen atoms in total. The molecular weight excluding hydrogens is 300 g/mol. The lowest BCUT2D eigenvalue weighted by atomic mass is 10.2. The molecule has 1 saturated heterocycles. The number of nitrogens with zero attached hydrogens (tertiary/aromatic N) is 4. The van der Waals surface area contributed by atoms with Gasteiger partial charge in [0.05, 0.1) is 12.3 Å². The minimum atomic E-state index is 0.187. The largest absolute Gasteiger partial charge is 0.395 e. The summed E-state index contributed by atoms with van der Waals surface area (Å²) in [6.07, 6.45) is 3.33. The summed E-state index contributed by atoms with van der Waals surface area (Å²) in [5, 5.41) is 11.0. The third-order valence-corrected chi connectivity index (χ3v) is 5.03. The molecule has 0 bridgehead atoms. The molecule has 22 heavy (non-hydrogen) atoms. The fraction of sp³-hybridized carbons (Fsp3) is 0.600. The second-order valence-electron chi connectivity index (χ2n) is 5.71. The molecule has 0 atom stereocenters. The van der Waals surface area contributed by atoms with E-state index in [9.17, 15) is 4.79 Å². The number of aliphatic hydroxyl groups is 1. The van der Waals surface area contributed by atoms with Gasteiger partial charge in [0, 0.05) is 56.4 Å². The lowest BCUT2D eigenvalue weighted by Gasteiger charge is -2.34. The van der Waals surface area contributed by atoms with E-state index >= 15 is 0 Å². The number of aryl methyl sites for hydroxylation is 2. The lowest BCUT2D eigenvalue weighted by Crippen LogP contribution is -2.49. The van der Waals surface area contributed by atoms with Crippen molar-refractivity contribution in [2.75, 3.05) is 39.3 Å². The highest BCUT2D eigenvalue weighted by Gasteiger charge is 2.20. The van der Waals surface area contributed by atoms with Gasteiger partial charge in [0.15, 0.2) is 4.96 Å². The van der Waals surface area contributed by atoms with Crippen LogP contribution in [0.4, 0.5) is 0 Å². The molecule has 0 unspecified atom stereocenters. The smallest absolute Gasteiger partial charge is 0.223 e. The molecule has 2 aromatic heterocycles. The Morgan fingerprint density at radius 3 is 2.86 bits per heavy atom. The molecule has 1 fully saturated rings. The van der Waals surface area contributed by atoms with Crippen LogP contribution in [0.5, 0.6) is 0 Å². The Kier molecular flexibility index (Phi) is 4.75. The van der Waals surface area contributed by atoms with Crippen LogP contribution < -0.4 is 0 Å². The quantitative estimate of drug-likeness (QED) is 0.883. The van der Waals surface area contributed by atoms with Gasteiger partial charge in [-0.3, -0.25) is 14.1 Å². The number of carbonyl (C=O) groups excluding carboxylic acids is 1. The summed E-state index contributed by atoms with van der Waals surface area (Å²) in [5.74, 6) is 0.222. The first kappa shape index (κ1) is 15.5. The van der Waals surface area contributed by atoms with Crippen molar-refractivity contribution in [3.05, 3.63) is 23.0 Å². The second-order valence-corrected chi connectivity index (χ2v) is 6.54. The minimum absolute atomic E-state index is 0.187. The van der Waals surface area contributed by atoms with E-state index in [1.165, 1.54) is 0 Å². The number of hydrogen-bond acceptors (Lipinski definition) is 5. The first-order valence-corrected chi connectivity index (χ1v) is 8.58. The number of hydrogen-bond donors (Lipinski definition) is 1. The van der Waals surface area contributed by atoms with Crippen LogP contribution in [-0.2, 0) is 11.2 Å². The Morgan fingerprint density at radius 1 is 1.36 bits per heavy atom. The number of piperazine rings is 1. The van der Waals surface area contributed by atoms with Gasteiger partial charge in [-0.15, -0.1) is 11.3 Å². The zero-order valence-electron chi connectivity index (χ0n) is 12.9. The van der Waals surface area contributed by atoms with Crippen molar-refractivity contribution in [2.24, 2.45) is 0 Å². The zero-order chi connectivity index (χ0) is 15.5. The van der Waals surface area contributed by atoms with Gasteiger partial charge in [0.2, 0.25) is 5.91 Å². The predicted molar refractivity (Wildman–Crippen MR) is 86.2 cm³/mol. The van der Waals surface area contributed by atoms with Gasteiger partial charge in [-0.05, 0) is 13.3 Å². The van der Waals surface area contributed by atoms with Gasteiger partial charge in [0.25, 0.3) is 0 Å². The average Bonchev–Trinajstić information content (AvgIpc) is 3.05. The SMILES string of the molecule is Cc1cn2c(CCC(=O)N3CCN(CCO)CC3)csc2n1.